The summed E-state index contributed by atoms with van der Waals surface area (Å²) in [6.07, 6.45) is 1.72. The number of alkyl halides is 3. The van der Waals surface area contributed by atoms with E-state index >= 15 is 0 Å². The largest absolute Gasteiger partial charge is 0.468 e. The second kappa shape index (κ2) is 9.30. The van der Waals surface area contributed by atoms with Gasteiger partial charge in [0.2, 0.25) is 5.91 Å². The van der Waals surface area contributed by atoms with Gasteiger partial charge in [-0.15, -0.1) is 0 Å². The molecule has 1 N–H and O–H groups in total. The van der Waals surface area contributed by atoms with E-state index in [4.69, 9.17) is 4.42 Å². The van der Waals surface area contributed by atoms with Gasteiger partial charge in [-0.2, -0.15) is 13.2 Å². The van der Waals surface area contributed by atoms with E-state index in [1.54, 1.807) is 6.26 Å². The molecule has 4 rings (SSSR count). The first kappa shape index (κ1) is 21.7. The first-order chi connectivity index (χ1) is 14.9. The molecule has 9 heteroatoms. The molecule has 2 fully saturated rings. The molecule has 31 heavy (non-hydrogen) atoms. The second-order valence-electron chi connectivity index (χ2n) is 8.18. The maximum atomic E-state index is 12.8. The lowest BCUT2D eigenvalue weighted by Crippen LogP contribution is -2.43. The Morgan fingerprint density at radius 1 is 1.16 bits per heavy atom. The zero-order valence-corrected chi connectivity index (χ0v) is 17.3. The molecule has 0 spiro atoms. The zero-order chi connectivity index (χ0) is 21.8. The van der Waals surface area contributed by atoms with E-state index in [-0.39, 0.29) is 17.9 Å². The number of carbonyl (C=O) groups excluding carboxylic acids is 1. The molecule has 2 aromatic heterocycles. The number of hydrogen-bond donors (Lipinski definition) is 1. The van der Waals surface area contributed by atoms with Crippen molar-refractivity contribution in [3.05, 3.63) is 48.0 Å². The highest BCUT2D eigenvalue weighted by molar-refractivity contribution is 5.79. The number of furan rings is 1. The van der Waals surface area contributed by atoms with Crippen molar-refractivity contribution in [3.8, 4) is 0 Å². The van der Waals surface area contributed by atoms with Crippen molar-refractivity contribution in [2.75, 3.05) is 37.6 Å². The van der Waals surface area contributed by atoms with Crippen molar-refractivity contribution < 1.29 is 22.4 Å². The molecule has 4 heterocycles. The van der Waals surface area contributed by atoms with Crippen molar-refractivity contribution in [3.63, 3.8) is 0 Å². The SMILES string of the molecule is O=C(NC[C@H](c1ccco1)N1CCCC1)C1CCN(c2ccc(C(F)(F)F)cn2)CC1. The topological polar surface area (TPSA) is 61.6 Å². The van der Waals surface area contributed by atoms with Crippen molar-refractivity contribution >= 4 is 11.7 Å². The number of hydrogen-bond acceptors (Lipinski definition) is 5. The fourth-order valence-electron chi connectivity index (χ4n) is 4.40. The molecule has 2 aromatic rings. The third kappa shape index (κ3) is 5.20. The molecule has 1 atom stereocenters. The van der Waals surface area contributed by atoms with Gasteiger partial charge in [0.05, 0.1) is 17.9 Å². The third-order valence-electron chi connectivity index (χ3n) is 6.19. The Hall–Kier alpha value is -2.55. The first-order valence-electron chi connectivity index (χ1n) is 10.7. The van der Waals surface area contributed by atoms with Crippen LogP contribution in [-0.2, 0) is 11.0 Å². The van der Waals surface area contributed by atoms with E-state index in [0.29, 0.717) is 38.3 Å². The highest BCUT2D eigenvalue weighted by atomic mass is 19.4. The van der Waals surface area contributed by atoms with Crippen molar-refractivity contribution in [1.29, 1.82) is 0 Å². The number of nitrogens with zero attached hydrogens (tertiary/aromatic N) is 3. The summed E-state index contributed by atoms with van der Waals surface area (Å²) in [5, 5.41) is 3.10. The minimum absolute atomic E-state index is 0.0239. The summed E-state index contributed by atoms with van der Waals surface area (Å²) < 4.78 is 43.7. The Kier molecular flexibility index (Phi) is 6.50. The van der Waals surface area contributed by atoms with Crippen LogP contribution in [0.15, 0.2) is 41.1 Å². The molecule has 0 unspecified atom stereocenters. The predicted octanol–water partition coefficient (Wildman–Crippen LogP) is 3.86. The summed E-state index contributed by atoms with van der Waals surface area (Å²) in [6, 6.07) is 6.30. The van der Waals surface area contributed by atoms with Crippen LogP contribution in [0.3, 0.4) is 0 Å². The van der Waals surface area contributed by atoms with Crippen LogP contribution in [-0.4, -0.2) is 48.5 Å². The number of pyridine rings is 1. The van der Waals surface area contributed by atoms with E-state index in [1.165, 1.54) is 6.07 Å². The lowest BCUT2D eigenvalue weighted by molar-refractivity contribution is -0.137. The Morgan fingerprint density at radius 2 is 1.90 bits per heavy atom. The maximum absolute atomic E-state index is 12.8. The zero-order valence-electron chi connectivity index (χ0n) is 17.3. The van der Waals surface area contributed by atoms with Crippen molar-refractivity contribution in [2.45, 2.75) is 37.9 Å². The van der Waals surface area contributed by atoms with Crippen LogP contribution in [0.5, 0.6) is 0 Å². The van der Waals surface area contributed by atoms with Crippen LogP contribution < -0.4 is 10.2 Å². The molecule has 0 aromatic carbocycles. The fourth-order valence-corrected chi connectivity index (χ4v) is 4.40. The number of amides is 1. The highest BCUT2D eigenvalue weighted by Crippen LogP contribution is 2.30. The van der Waals surface area contributed by atoms with Crippen LogP contribution in [0.2, 0.25) is 0 Å². The van der Waals surface area contributed by atoms with Gasteiger partial charge >= 0.3 is 6.18 Å². The van der Waals surface area contributed by atoms with E-state index in [0.717, 1.165) is 44.0 Å². The molecule has 2 saturated heterocycles. The second-order valence-corrected chi connectivity index (χ2v) is 8.18. The average Bonchev–Trinajstić information content (AvgIpc) is 3.48. The molecule has 0 saturated carbocycles. The summed E-state index contributed by atoms with van der Waals surface area (Å²) >= 11 is 0. The number of halogens is 3. The molecular weight excluding hydrogens is 409 g/mol. The summed E-state index contributed by atoms with van der Waals surface area (Å²) in [5.41, 5.74) is -0.755. The standard InChI is InChI=1S/C22H27F3N4O2/c23-22(24,25)17-5-6-20(26-14-17)29-11-7-16(8-12-29)21(30)27-15-18(19-4-3-13-31-19)28-9-1-2-10-28/h3-6,13-14,16,18H,1-2,7-12,15H2,(H,27,30)/t18-/m1/s1. The monoisotopic (exact) mass is 436 g/mol. The van der Waals surface area contributed by atoms with Gasteiger partial charge in [-0.3, -0.25) is 9.69 Å². The normalized spacial score (nSPS) is 19.5. The lowest BCUT2D eigenvalue weighted by Gasteiger charge is -2.33. The van der Waals surface area contributed by atoms with Crippen LogP contribution in [0.4, 0.5) is 19.0 Å². The maximum Gasteiger partial charge on any atom is 0.417 e. The fraction of sp³-hybridized carbons (Fsp3) is 0.545. The van der Waals surface area contributed by atoms with Gasteiger partial charge in [-0.05, 0) is 63.0 Å². The number of anilines is 1. The van der Waals surface area contributed by atoms with Crippen molar-refractivity contribution in [1.82, 2.24) is 15.2 Å². The average molecular weight is 436 g/mol. The summed E-state index contributed by atoms with van der Waals surface area (Å²) in [4.78, 5) is 21.0. The van der Waals surface area contributed by atoms with E-state index in [9.17, 15) is 18.0 Å². The molecule has 6 nitrogen and oxygen atoms in total. The molecule has 0 radical (unpaired) electrons. The molecule has 0 aliphatic carbocycles. The Morgan fingerprint density at radius 3 is 2.48 bits per heavy atom. The van der Waals surface area contributed by atoms with Gasteiger partial charge in [0.15, 0.2) is 0 Å². The number of rotatable bonds is 6. The number of nitrogens with one attached hydrogen (secondary N) is 1. The quantitative estimate of drug-likeness (QED) is 0.745. The van der Waals surface area contributed by atoms with Gasteiger partial charge in [0.1, 0.15) is 11.6 Å². The number of piperidine rings is 1. The summed E-state index contributed by atoms with van der Waals surface area (Å²) in [6.45, 7) is 3.68. The predicted molar refractivity (Wildman–Crippen MR) is 109 cm³/mol. The van der Waals surface area contributed by atoms with E-state index < -0.39 is 11.7 Å². The lowest BCUT2D eigenvalue weighted by atomic mass is 9.95. The third-order valence-corrected chi connectivity index (χ3v) is 6.19. The number of carbonyl (C=O) groups is 1. The van der Waals surface area contributed by atoms with Crippen LogP contribution >= 0.6 is 0 Å². The van der Waals surface area contributed by atoms with Gasteiger partial charge in [0, 0.05) is 31.7 Å². The highest BCUT2D eigenvalue weighted by Gasteiger charge is 2.32. The summed E-state index contributed by atoms with van der Waals surface area (Å²) in [5.74, 6) is 1.29. The number of likely N-dealkylation sites (tertiary alicyclic amines) is 1. The molecule has 168 valence electrons. The molecule has 2 aliphatic heterocycles. The minimum atomic E-state index is -4.39. The molecule has 1 amide bonds. The first-order valence-corrected chi connectivity index (χ1v) is 10.7. The molecule has 2 aliphatic rings. The van der Waals surface area contributed by atoms with Crippen LogP contribution in [0.25, 0.3) is 0 Å². The molecular formula is C22H27F3N4O2. The number of aromatic nitrogens is 1. The molecule has 0 bridgehead atoms. The Balaban J connectivity index is 1.29. The van der Waals surface area contributed by atoms with Gasteiger partial charge in [-0.25, -0.2) is 4.98 Å². The van der Waals surface area contributed by atoms with Gasteiger partial charge in [-0.1, -0.05) is 0 Å². The Bertz CT molecular complexity index is 841. The van der Waals surface area contributed by atoms with Gasteiger partial charge < -0.3 is 14.6 Å². The smallest absolute Gasteiger partial charge is 0.417 e. The van der Waals surface area contributed by atoms with E-state index in [2.05, 4.69) is 15.2 Å². The minimum Gasteiger partial charge on any atom is -0.468 e. The van der Waals surface area contributed by atoms with Gasteiger partial charge in [0.25, 0.3) is 0 Å². The van der Waals surface area contributed by atoms with Crippen LogP contribution in [0.1, 0.15) is 43.0 Å². The summed E-state index contributed by atoms with van der Waals surface area (Å²) in [7, 11) is 0. The van der Waals surface area contributed by atoms with Crippen LogP contribution in [0, 0.1) is 5.92 Å². The van der Waals surface area contributed by atoms with Crippen molar-refractivity contribution in [2.24, 2.45) is 5.92 Å². The van der Waals surface area contributed by atoms with E-state index in [1.807, 2.05) is 17.0 Å². The Labute approximate surface area is 179 Å².